The summed E-state index contributed by atoms with van der Waals surface area (Å²) in [6.07, 6.45) is 0.741. The van der Waals surface area contributed by atoms with Gasteiger partial charge in [0.25, 0.3) is 0 Å². The van der Waals surface area contributed by atoms with Crippen molar-refractivity contribution in [2.75, 3.05) is 6.61 Å². The highest BCUT2D eigenvalue weighted by Crippen LogP contribution is 2.40. The van der Waals surface area contributed by atoms with Crippen LogP contribution < -0.4 is 0 Å². The average molecular weight is 304 g/mol. The molecule has 0 saturated carbocycles. The highest BCUT2D eigenvalue weighted by molar-refractivity contribution is 6.47. The van der Waals surface area contributed by atoms with Crippen molar-refractivity contribution >= 4 is 13.1 Å². The van der Waals surface area contributed by atoms with Gasteiger partial charge in [-0.25, -0.2) is 0 Å². The van der Waals surface area contributed by atoms with Crippen molar-refractivity contribution in [3.63, 3.8) is 0 Å². The molecule has 0 radical (unpaired) electrons. The number of carbonyl (C=O) groups is 1. The van der Waals surface area contributed by atoms with E-state index >= 15 is 0 Å². The van der Waals surface area contributed by atoms with Crippen LogP contribution in [-0.4, -0.2) is 30.9 Å². The van der Waals surface area contributed by atoms with Gasteiger partial charge < -0.3 is 14.0 Å². The van der Waals surface area contributed by atoms with Gasteiger partial charge in [0.15, 0.2) is 0 Å². The maximum atomic E-state index is 11.2. The van der Waals surface area contributed by atoms with E-state index in [1.807, 2.05) is 45.9 Å². The third-order valence-corrected chi connectivity index (χ3v) is 4.50. The summed E-state index contributed by atoms with van der Waals surface area (Å²) in [5, 5.41) is 0. The van der Waals surface area contributed by atoms with E-state index in [1.54, 1.807) is 0 Å². The molecule has 1 heterocycles. The average Bonchev–Trinajstić information content (AvgIpc) is 2.64. The van der Waals surface area contributed by atoms with Crippen molar-refractivity contribution in [3.05, 3.63) is 35.9 Å². The molecule has 5 heteroatoms. The first-order valence-electron chi connectivity index (χ1n) is 7.74. The molecular formula is C17H25BO4. The standard InChI is InChI=1S/C17H25BO4/c1-13(19)20-12-15(11-14-9-7-6-8-10-14)18-21-16(2,3)17(4,5)22-18/h6-10,15H,11-12H2,1-5H3. The van der Waals surface area contributed by atoms with Crippen LogP contribution in [0, 0.1) is 0 Å². The van der Waals surface area contributed by atoms with Gasteiger partial charge in [-0.1, -0.05) is 30.3 Å². The summed E-state index contributed by atoms with van der Waals surface area (Å²) in [6.45, 7) is 9.82. The largest absolute Gasteiger partial charge is 0.466 e. The first kappa shape index (κ1) is 17.0. The fourth-order valence-electron chi connectivity index (χ4n) is 2.46. The zero-order chi connectivity index (χ0) is 16.4. The van der Waals surface area contributed by atoms with Crippen LogP contribution in [0.5, 0.6) is 0 Å². The fraction of sp³-hybridized carbons (Fsp3) is 0.588. The minimum Gasteiger partial charge on any atom is -0.466 e. The van der Waals surface area contributed by atoms with Gasteiger partial charge in [0.1, 0.15) is 0 Å². The van der Waals surface area contributed by atoms with Crippen LogP contribution in [0.25, 0.3) is 0 Å². The number of hydrogen-bond acceptors (Lipinski definition) is 4. The van der Waals surface area contributed by atoms with Crippen molar-refractivity contribution in [1.82, 2.24) is 0 Å². The molecule has 0 amide bonds. The normalized spacial score (nSPS) is 20.7. The van der Waals surface area contributed by atoms with Crippen LogP contribution in [0.2, 0.25) is 5.82 Å². The Morgan fingerprint density at radius 2 is 1.68 bits per heavy atom. The Balaban J connectivity index is 2.13. The summed E-state index contributed by atoms with van der Waals surface area (Å²) in [5.41, 5.74) is 0.403. The van der Waals surface area contributed by atoms with Crippen LogP contribution in [0.15, 0.2) is 30.3 Å². The Bertz CT molecular complexity index is 497. The van der Waals surface area contributed by atoms with Crippen LogP contribution in [0.3, 0.4) is 0 Å². The zero-order valence-electron chi connectivity index (χ0n) is 14.1. The molecule has 0 spiro atoms. The predicted molar refractivity (Wildman–Crippen MR) is 86.6 cm³/mol. The first-order chi connectivity index (χ1) is 10.2. The Morgan fingerprint density at radius 1 is 1.14 bits per heavy atom. The van der Waals surface area contributed by atoms with Gasteiger partial charge in [0.05, 0.1) is 17.8 Å². The zero-order valence-corrected chi connectivity index (χ0v) is 14.1. The summed E-state index contributed by atoms with van der Waals surface area (Å²) in [6, 6.07) is 10.1. The summed E-state index contributed by atoms with van der Waals surface area (Å²) < 4.78 is 17.5. The second-order valence-corrected chi connectivity index (χ2v) is 6.88. The van der Waals surface area contributed by atoms with E-state index in [9.17, 15) is 4.79 Å². The molecular weight excluding hydrogens is 279 g/mol. The topological polar surface area (TPSA) is 44.8 Å². The van der Waals surface area contributed by atoms with Gasteiger partial charge in [-0.05, 0) is 39.7 Å². The lowest BCUT2D eigenvalue weighted by atomic mass is 9.69. The maximum absolute atomic E-state index is 11.2. The molecule has 1 fully saturated rings. The molecule has 1 atom stereocenters. The van der Waals surface area contributed by atoms with Gasteiger partial charge in [-0.2, -0.15) is 0 Å². The fourth-order valence-corrected chi connectivity index (χ4v) is 2.46. The van der Waals surface area contributed by atoms with Gasteiger partial charge in [0, 0.05) is 12.7 Å². The molecule has 2 rings (SSSR count). The van der Waals surface area contributed by atoms with E-state index in [4.69, 9.17) is 14.0 Å². The monoisotopic (exact) mass is 304 g/mol. The third kappa shape index (κ3) is 3.90. The van der Waals surface area contributed by atoms with Crippen molar-refractivity contribution < 1.29 is 18.8 Å². The Hall–Kier alpha value is -1.33. The highest BCUT2D eigenvalue weighted by Gasteiger charge is 2.53. The lowest BCUT2D eigenvalue weighted by molar-refractivity contribution is -0.141. The lowest BCUT2D eigenvalue weighted by Gasteiger charge is -2.32. The Kier molecular flexibility index (Phi) is 4.98. The molecule has 120 valence electrons. The molecule has 4 nitrogen and oxygen atoms in total. The molecule has 1 aromatic rings. The smallest absolute Gasteiger partial charge is 0.465 e. The number of benzene rings is 1. The Morgan fingerprint density at radius 3 is 2.18 bits per heavy atom. The minimum atomic E-state index is -0.386. The van der Waals surface area contributed by atoms with Gasteiger partial charge in [-0.3, -0.25) is 4.79 Å². The lowest BCUT2D eigenvalue weighted by Crippen LogP contribution is -2.41. The molecule has 0 bridgehead atoms. The van der Waals surface area contributed by atoms with Crippen LogP contribution >= 0.6 is 0 Å². The summed E-state index contributed by atoms with van der Waals surface area (Å²) in [4.78, 5) is 11.2. The van der Waals surface area contributed by atoms with Crippen molar-refractivity contribution in [2.24, 2.45) is 0 Å². The van der Waals surface area contributed by atoms with E-state index in [1.165, 1.54) is 12.5 Å². The van der Waals surface area contributed by atoms with E-state index in [0.717, 1.165) is 6.42 Å². The maximum Gasteiger partial charge on any atom is 0.465 e. The molecule has 0 N–H and O–H groups in total. The van der Waals surface area contributed by atoms with Crippen molar-refractivity contribution in [1.29, 1.82) is 0 Å². The minimum absolute atomic E-state index is 0.0349. The molecule has 0 aliphatic carbocycles. The van der Waals surface area contributed by atoms with E-state index in [2.05, 4.69) is 12.1 Å². The second-order valence-electron chi connectivity index (χ2n) is 6.88. The second kappa shape index (κ2) is 6.43. The van der Waals surface area contributed by atoms with Gasteiger partial charge >= 0.3 is 13.1 Å². The third-order valence-electron chi connectivity index (χ3n) is 4.50. The molecule has 22 heavy (non-hydrogen) atoms. The van der Waals surface area contributed by atoms with Crippen molar-refractivity contribution in [3.8, 4) is 0 Å². The molecule has 1 aromatic carbocycles. The van der Waals surface area contributed by atoms with Crippen LogP contribution in [-0.2, 0) is 25.3 Å². The van der Waals surface area contributed by atoms with Gasteiger partial charge in [-0.15, -0.1) is 0 Å². The predicted octanol–water partition coefficient (Wildman–Crippen LogP) is 3.25. The quantitative estimate of drug-likeness (QED) is 0.619. The SMILES string of the molecule is CC(=O)OCC(Cc1ccccc1)B1OC(C)(C)C(C)(C)O1. The number of esters is 1. The molecule has 0 aromatic heterocycles. The van der Waals surface area contributed by atoms with Crippen molar-refractivity contribution in [2.45, 2.75) is 58.1 Å². The van der Waals surface area contributed by atoms with E-state index < -0.39 is 0 Å². The summed E-state index contributed by atoms with van der Waals surface area (Å²) >= 11 is 0. The molecule has 1 aliphatic heterocycles. The van der Waals surface area contributed by atoms with Crippen LogP contribution in [0.1, 0.15) is 40.2 Å². The highest BCUT2D eigenvalue weighted by atomic mass is 16.7. The molecule has 1 saturated heterocycles. The molecule has 1 aliphatic rings. The molecule has 1 unspecified atom stereocenters. The number of ether oxygens (including phenoxy) is 1. The van der Waals surface area contributed by atoms with E-state index in [0.29, 0.717) is 6.61 Å². The number of carbonyl (C=O) groups excluding carboxylic acids is 1. The Labute approximate surface area is 133 Å². The summed E-state index contributed by atoms with van der Waals surface area (Å²) in [5.74, 6) is -0.318. The van der Waals surface area contributed by atoms with Crippen LogP contribution in [0.4, 0.5) is 0 Å². The number of rotatable bonds is 5. The first-order valence-corrected chi connectivity index (χ1v) is 7.74. The summed E-state index contributed by atoms with van der Waals surface area (Å²) in [7, 11) is -0.385. The number of hydrogen-bond donors (Lipinski definition) is 0. The van der Waals surface area contributed by atoms with E-state index in [-0.39, 0.29) is 30.1 Å². The van der Waals surface area contributed by atoms with Gasteiger partial charge in [0.2, 0.25) is 0 Å².